The van der Waals surface area contributed by atoms with E-state index in [0.717, 1.165) is 30.9 Å². The van der Waals surface area contributed by atoms with Crippen molar-refractivity contribution in [2.45, 2.75) is 32.1 Å². The second-order valence-electron chi connectivity index (χ2n) is 5.79. The molecule has 0 aliphatic heterocycles. The fourth-order valence-corrected chi connectivity index (χ4v) is 3.01. The van der Waals surface area contributed by atoms with Gasteiger partial charge in [0.15, 0.2) is 5.82 Å². The molecule has 0 spiro atoms. The lowest BCUT2D eigenvalue weighted by Gasteiger charge is -2.36. The highest BCUT2D eigenvalue weighted by atomic mass is 16.3. The number of anilines is 1. The summed E-state index contributed by atoms with van der Waals surface area (Å²) in [6.45, 7) is 0.996. The van der Waals surface area contributed by atoms with E-state index in [1.165, 1.54) is 25.6 Å². The van der Waals surface area contributed by atoms with E-state index in [2.05, 4.69) is 20.4 Å². The normalized spacial score (nSPS) is 17.6. The van der Waals surface area contributed by atoms with Crippen molar-refractivity contribution in [3.8, 4) is 5.82 Å². The third-order valence-corrected chi connectivity index (χ3v) is 4.33. The lowest BCUT2D eigenvalue weighted by molar-refractivity contribution is 0.0944. The molecule has 2 N–H and O–H groups in total. The van der Waals surface area contributed by atoms with Gasteiger partial charge in [-0.05, 0) is 25.0 Å². The molecule has 1 saturated carbocycles. The van der Waals surface area contributed by atoms with Gasteiger partial charge in [0.25, 0.3) is 0 Å². The molecular weight excluding hydrogens is 266 g/mol. The maximum atomic E-state index is 9.79. The van der Waals surface area contributed by atoms with Gasteiger partial charge in [-0.2, -0.15) is 5.10 Å². The lowest BCUT2D eigenvalue weighted by Crippen LogP contribution is -2.35. The summed E-state index contributed by atoms with van der Waals surface area (Å²) in [6.07, 6.45) is 10.7. The number of nitrogens with zero attached hydrogens (tertiary/aromatic N) is 4. The Hall–Kier alpha value is -1.95. The van der Waals surface area contributed by atoms with E-state index >= 15 is 0 Å². The number of rotatable bonds is 5. The van der Waals surface area contributed by atoms with E-state index in [0.29, 0.717) is 0 Å². The predicted octanol–water partition coefficient (Wildman–Crippen LogP) is 2.02. The molecule has 0 saturated heterocycles. The highest BCUT2D eigenvalue weighted by Gasteiger charge is 2.31. The number of aliphatic hydroxyl groups is 1. The first-order valence-electron chi connectivity index (χ1n) is 7.48. The summed E-state index contributed by atoms with van der Waals surface area (Å²) < 4.78 is 1.65. The van der Waals surface area contributed by atoms with Crippen LogP contribution in [-0.2, 0) is 0 Å². The standard InChI is InChI=1S/C15H21N5O/c21-10-15(6-2-1-3-7-15)9-18-13-5-4-8-17-14(13)20-12-16-11-19-20/h4-5,8,11-12,18,21H,1-3,6-7,9-10H2. The highest BCUT2D eigenvalue weighted by Crippen LogP contribution is 2.36. The fourth-order valence-electron chi connectivity index (χ4n) is 3.01. The first kappa shape index (κ1) is 14.0. The summed E-state index contributed by atoms with van der Waals surface area (Å²) >= 11 is 0. The van der Waals surface area contributed by atoms with E-state index < -0.39 is 0 Å². The van der Waals surface area contributed by atoms with Gasteiger partial charge in [0.05, 0.1) is 12.3 Å². The van der Waals surface area contributed by atoms with Crippen molar-refractivity contribution >= 4 is 5.69 Å². The average molecular weight is 287 g/mol. The van der Waals surface area contributed by atoms with Gasteiger partial charge in [-0.15, -0.1) is 0 Å². The van der Waals surface area contributed by atoms with Crippen LogP contribution in [0.25, 0.3) is 5.82 Å². The van der Waals surface area contributed by atoms with E-state index in [1.54, 1.807) is 17.2 Å². The summed E-state index contributed by atoms with van der Waals surface area (Å²) in [5.41, 5.74) is 0.912. The van der Waals surface area contributed by atoms with Crippen LogP contribution in [0.15, 0.2) is 31.0 Å². The predicted molar refractivity (Wildman–Crippen MR) is 80.2 cm³/mol. The van der Waals surface area contributed by atoms with Crippen LogP contribution in [-0.4, -0.2) is 38.0 Å². The van der Waals surface area contributed by atoms with Crippen molar-refractivity contribution in [3.63, 3.8) is 0 Å². The van der Waals surface area contributed by atoms with Gasteiger partial charge >= 0.3 is 0 Å². The van der Waals surface area contributed by atoms with Crippen molar-refractivity contribution < 1.29 is 5.11 Å². The van der Waals surface area contributed by atoms with Crippen molar-refractivity contribution in [2.24, 2.45) is 5.41 Å². The number of hydrogen-bond donors (Lipinski definition) is 2. The molecule has 6 heteroatoms. The maximum Gasteiger partial charge on any atom is 0.178 e. The number of hydrogen-bond acceptors (Lipinski definition) is 5. The molecule has 3 rings (SSSR count). The topological polar surface area (TPSA) is 75.9 Å². The monoisotopic (exact) mass is 287 g/mol. The molecule has 1 aliphatic carbocycles. The third-order valence-electron chi connectivity index (χ3n) is 4.33. The van der Waals surface area contributed by atoms with Crippen LogP contribution in [0.4, 0.5) is 5.69 Å². The molecular formula is C15H21N5O. The van der Waals surface area contributed by atoms with Gasteiger partial charge in [-0.1, -0.05) is 19.3 Å². The summed E-state index contributed by atoms with van der Waals surface area (Å²) in [4.78, 5) is 8.33. The Bertz CT molecular complexity index is 563. The number of pyridine rings is 1. The second-order valence-corrected chi connectivity index (χ2v) is 5.79. The minimum Gasteiger partial charge on any atom is -0.396 e. The Labute approximate surface area is 124 Å². The summed E-state index contributed by atoms with van der Waals surface area (Å²) in [5, 5.41) is 17.4. The molecule has 0 amide bonds. The molecule has 0 unspecified atom stereocenters. The van der Waals surface area contributed by atoms with Gasteiger partial charge < -0.3 is 10.4 Å². The Morgan fingerprint density at radius 2 is 2.14 bits per heavy atom. The number of nitrogens with one attached hydrogen (secondary N) is 1. The van der Waals surface area contributed by atoms with E-state index in [9.17, 15) is 5.11 Å². The van der Waals surface area contributed by atoms with Gasteiger partial charge in [0.2, 0.25) is 0 Å². The Morgan fingerprint density at radius 3 is 2.86 bits per heavy atom. The minimum atomic E-state index is -0.00622. The van der Waals surface area contributed by atoms with Crippen LogP contribution < -0.4 is 5.32 Å². The van der Waals surface area contributed by atoms with Crippen molar-refractivity contribution in [1.29, 1.82) is 0 Å². The largest absolute Gasteiger partial charge is 0.396 e. The van der Waals surface area contributed by atoms with Crippen LogP contribution in [0.2, 0.25) is 0 Å². The Morgan fingerprint density at radius 1 is 1.29 bits per heavy atom. The zero-order valence-corrected chi connectivity index (χ0v) is 12.1. The number of aliphatic hydroxyl groups excluding tert-OH is 1. The van der Waals surface area contributed by atoms with Crippen LogP contribution in [0.5, 0.6) is 0 Å². The maximum absolute atomic E-state index is 9.79. The van der Waals surface area contributed by atoms with Gasteiger partial charge in [-0.25, -0.2) is 14.6 Å². The van der Waals surface area contributed by atoms with E-state index in [1.807, 2.05) is 12.1 Å². The molecule has 112 valence electrons. The molecule has 0 bridgehead atoms. The zero-order valence-electron chi connectivity index (χ0n) is 12.1. The smallest absolute Gasteiger partial charge is 0.178 e. The molecule has 6 nitrogen and oxygen atoms in total. The molecule has 0 atom stereocenters. The van der Waals surface area contributed by atoms with Gasteiger partial charge in [0, 0.05) is 18.2 Å². The lowest BCUT2D eigenvalue weighted by atomic mass is 9.74. The molecule has 1 aliphatic rings. The number of aromatic nitrogens is 4. The minimum absolute atomic E-state index is 0.00622. The summed E-state index contributed by atoms with van der Waals surface area (Å²) in [5.74, 6) is 0.735. The van der Waals surface area contributed by atoms with Crippen LogP contribution in [0.1, 0.15) is 32.1 Å². The molecule has 0 radical (unpaired) electrons. The molecule has 2 aromatic heterocycles. The van der Waals surface area contributed by atoms with Crippen molar-refractivity contribution in [3.05, 3.63) is 31.0 Å². The van der Waals surface area contributed by atoms with Crippen molar-refractivity contribution in [1.82, 2.24) is 19.7 Å². The first-order valence-corrected chi connectivity index (χ1v) is 7.48. The molecule has 2 heterocycles. The summed E-state index contributed by atoms with van der Waals surface area (Å²) in [6, 6.07) is 3.88. The van der Waals surface area contributed by atoms with Gasteiger partial charge in [-0.3, -0.25) is 0 Å². The molecule has 21 heavy (non-hydrogen) atoms. The van der Waals surface area contributed by atoms with Crippen LogP contribution in [0, 0.1) is 5.41 Å². The van der Waals surface area contributed by atoms with Gasteiger partial charge in [0.1, 0.15) is 12.7 Å². The Kier molecular flexibility index (Phi) is 4.15. The van der Waals surface area contributed by atoms with E-state index in [-0.39, 0.29) is 12.0 Å². The van der Waals surface area contributed by atoms with Crippen LogP contribution >= 0.6 is 0 Å². The SMILES string of the molecule is OCC1(CNc2cccnc2-n2cncn2)CCCCC1. The molecule has 1 fully saturated rings. The third kappa shape index (κ3) is 3.05. The highest BCUT2D eigenvalue weighted by molar-refractivity contribution is 5.56. The molecule has 0 aromatic carbocycles. The second kappa shape index (κ2) is 6.22. The fraction of sp³-hybridized carbons (Fsp3) is 0.533. The molecule has 2 aromatic rings. The summed E-state index contributed by atoms with van der Waals surface area (Å²) in [7, 11) is 0. The van der Waals surface area contributed by atoms with Crippen LogP contribution in [0.3, 0.4) is 0 Å². The Balaban J connectivity index is 1.76. The van der Waals surface area contributed by atoms with E-state index in [4.69, 9.17) is 0 Å². The quantitative estimate of drug-likeness (QED) is 0.880. The average Bonchev–Trinajstić information content (AvgIpc) is 3.08. The van der Waals surface area contributed by atoms with Crippen molar-refractivity contribution in [2.75, 3.05) is 18.5 Å². The first-order chi connectivity index (χ1) is 10.3. The zero-order chi connectivity index (χ0) is 14.5.